The highest BCUT2D eigenvalue weighted by Gasteiger charge is 2.20. The van der Waals surface area contributed by atoms with Gasteiger partial charge in [0.25, 0.3) is 0 Å². The van der Waals surface area contributed by atoms with Crippen LogP contribution in [0.5, 0.6) is 0 Å². The summed E-state index contributed by atoms with van der Waals surface area (Å²) in [7, 11) is 0. The number of carbonyl (C=O) groups excluding carboxylic acids is 1. The minimum Gasteiger partial charge on any atom is -0.370 e. The summed E-state index contributed by atoms with van der Waals surface area (Å²) >= 11 is 0. The molecule has 60 heavy (non-hydrogen) atoms. The van der Waals surface area contributed by atoms with Crippen LogP contribution in [0.1, 0.15) is 194 Å². The van der Waals surface area contributed by atoms with Gasteiger partial charge in [-0.05, 0) is 64.2 Å². The standard InChI is InChI=1S/C45H96N14O/c1-3-5-31-54-43(50)56-35-25-17-9-13-21-29-39-58(37-27-19-11-7-15-23-33-52-41(46)47)45(60)59(38-28-20-12-8-16-24-34-53-42(48)49)40-30-22-14-10-18-26-36-57-44(51)55-32-6-4-2/h3-40H2,1-2H3,(H4,46,47,52)(H4,48,49,53)(H3,50,54,56)(H3,51,55,57). The third-order valence-corrected chi connectivity index (χ3v) is 10.7. The third-order valence-electron chi connectivity index (χ3n) is 10.7. The van der Waals surface area contributed by atoms with Crippen LogP contribution < -0.4 is 45.0 Å². The number of nitrogens with zero attached hydrogens (tertiary/aromatic N) is 6. The number of guanidine groups is 4. The van der Waals surface area contributed by atoms with Gasteiger partial charge >= 0.3 is 6.03 Å². The molecule has 15 nitrogen and oxygen atoms in total. The SMILES string of the molecule is CCCCNC(N)=NCCCCCCCCN(CCCCCCCCN=C(N)N)C(=O)N(CCCCCCCCN=C(N)N)CCCCCCCCN=C(N)NCCCC. The Bertz CT molecular complexity index is 1010. The van der Waals surface area contributed by atoms with Crippen molar-refractivity contribution in [3.8, 4) is 0 Å². The average Bonchev–Trinajstić information content (AvgIpc) is 3.22. The summed E-state index contributed by atoms with van der Waals surface area (Å²) in [5.74, 6) is 1.46. The number of carbonyl (C=O) groups is 1. The maximum atomic E-state index is 14.3. The summed E-state index contributed by atoms with van der Waals surface area (Å²) in [4.78, 5) is 35.8. The Morgan fingerprint density at radius 1 is 0.367 bits per heavy atom. The first-order valence-corrected chi connectivity index (χ1v) is 24.4. The van der Waals surface area contributed by atoms with Crippen molar-refractivity contribution < 1.29 is 4.79 Å². The van der Waals surface area contributed by atoms with Gasteiger partial charge in [0.15, 0.2) is 23.8 Å². The maximum absolute atomic E-state index is 14.3. The molecule has 15 heteroatoms. The van der Waals surface area contributed by atoms with Gasteiger partial charge in [-0.1, -0.05) is 129 Å². The fourth-order valence-electron chi connectivity index (χ4n) is 7.01. The smallest absolute Gasteiger partial charge is 0.319 e. The van der Waals surface area contributed by atoms with Crippen LogP contribution in [0.25, 0.3) is 0 Å². The second kappa shape index (κ2) is 43.4. The van der Waals surface area contributed by atoms with Gasteiger partial charge in [-0.15, -0.1) is 0 Å². The van der Waals surface area contributed by atoms with Crippen LogP contribution >= 0.6 is 0 Å². The lowest BCUT2D eigenvalue weighted by Gasteiger charge is -2.31. The molecule has 0 saturated heterocycles. The van der Waals surface area contributed by atoms with Crippen LogP contribution in [0.3, 0.4) is 0 Å². The number of nitrogens with one attached hydrogen (secondary N) is 2. The summed E-state index contributed by atoms with van der Waals surface area (Å²) in [5, 5.41) is 6.38. The van der Waals surface area contributed by atoms with Gasteiger partial charge < -0.3 is 54.8 Å². The molecule has 0 saturated carbocycles. The maximum Gasteiger partial charge on any atom is 0.319 e. The first-order valence-electron chi connectivity index (χ1n) is 24.4. The number of aliphatic imine (C=N–C) groups is 4. The van der Waals surface area contributed by atoms with E-state index in [0.717, 1.165) is 181 Å². The highest BCUT2D eigenvalue weighted by Crippen LogP contribution is 2.15. The van der Waals surface area contributed by atoms with Crippen molar-refractivity contribution in [1.29, 1.82) is 0 Å². The Labute approximate surface area is 367 Å². The number of hydrogen-bond donors (Lipinski definition) is 8. The quantitative estimate of drug-likeness (QED) is 0.0178. The van der Waals surface area contributed by atoms with Crippen molar-refractivity contribution >= 4 is 29.9 Å². The van der Waals surface area contributed by atoms with Gasteiger partial charge in [0.1, 0.15) is 0 Å². The molecule has 352 valence electrons. The van der Waals surface area contributed by atoms with Crippen LogP contribution in [-0.4, -0.2) is 105 Å². The van der Waals surface area contributed by atoms with E-state index in [1.165, 1.54) is 51.4 Å². The van der Waals surface area contributed by atoms with Crippen molar-refractivity contribution in [3.63, 3.8) is 0 Å². The molecule has 0 aliphatic carbocycles. The second-order valence-corrected chi connectivity index (χ2v) is 16.4. The predicted molar refractivity (Wildman–Crippen MR) is 260 cm³/mol. The molecule has 0 aromatic rings. The fourth-order valence-corrected chi connectivity index (χ4v) is 7.01. The van der Waals surface area contributed by atoms with E-state index in [1.54, 1.807) is 0 Å². The summed E-state index contributed by atoms with van der Waals surface area (Å²) in [6, 6.07) is 0.232. The van der Waals surface area contributed by atoms with Crippen LogP contribution in [0, 0.1) is 0 Å². The number of hydrogen-bond acceptors (Lipinski definition) is 5. The molecule has 14 N–H and O–H groups in total. The van der Waals surface area contributed by atoms with Gasteiger partial charge in [-0.3, -0.25) is 20.0 Å². The van der Waals surface area contributed by atoms with Crippen LogP contribution in [0.15, 0.2) is 20.0 Å². The Balaban J connectivity index is 5.14. The normalized spacial score (nSPS) is 11.7. The van der Waals surface area contributed by atoms with Crippen LogP contribution in [-0.2, 0) is 0 Å². The second-order valence-electron chi connectivity index (χ2n) is 16.4. The number of urea groups is 1. The molecule has 0 atom stereocenters. The molecule has 0 fully saturated rings. The van der Waals surface area contributed by atoms with Crippen molar-refractivity contribution in [3.05, 3.63) is 0 Å². The molecule has 0 rings (SSSR count). The molecule has 0 bridgehead atoms. The van der Waals surface area contributed by atoms with E-state index in [4.69, 9.17) is 34.4 Å². The molecule has 0 heterocycles. The van der Waals surface area contributed by atoms with E-state index in [2.05, 4.69) is 54.3 Å². The minimum atomic E-state index is 0.167. The molecule has 0 aliphatic heterocycles. The lowest BCUT2D eigenvalue weighted by molar-refractivity contribution is 0.148. The first kappa shape index (κ1) is 56.4. The van der Waals surface area contributed by atoms with Gasteiger partial charge in [0, 0.05) is 65.4 Å². The van der Waals surface area contributed by atoms with Gasteiger partial charge in [-0.2, -0.15) is 0 Å². The fraction of sp³-hybridized carbons (Fsp3) is 0.889. The number of nitrogens with two attached hydrogens (primary N) is 6. The third kappa shape index (κ3) is 39.8. The van der Waals surface area contributed by atoms with Gasteiger partial charge in [-0.25, -0.2) is 4.79 Å². The highest BCUT2D eigenvalue weighted by molar-refractivity contribution is 5.78. The Morgan fingerprint density at radius 3 is 0.883 bits per heavy atom. The lowest BCUT2D eigenvalue weighted by atomic mass is 10.1. The summed E-state index contributed by atoms with van der Waals surface area (Å²) in [5.41, 5.74) is 33.8. The van der Waals surface area contributed by atoms with Crippen molar-refractivity contribution in [2.45, 2.75) is 194 Å². The number of unbranched alkanes of at least 4 members (excludes halogenated alkanes) is 22. The number of amides is 2. The Morgan fingerprint density at radius 2 is 0.617 bits per heavy atom. The zero-order chi connectivity index (χ0) is 44.2. The van der Waals surface area contributed by atoms with Gasteiger partial charge in [0.2, 0.25) is 0 Å². The lowest BCUT2D eigenvalue weighted by Crippen LogP contribution is -2.45. The molecular formula is C45H96N14O. The Kier molecular flexibility index (Phi) is 40.8. The van der Waals surface area contributed by atoms with E-state index < -0.39 is 0 Å². The summed E-state index contributed by atoms with van der Waals surface area (Å²) in [6.45, 7) is 12.4. The monoisotopic (exact) mass is 849 g/mol. The molecule has 0 aromatic heterocycles. The molecule has 0 spiro atoms. The molecule has 2 amide bonds. The zero-order valence-electron chi connectivity index (χ0n) is 38.9. The van der Waals surface area contributed by atoms with E-state index in [1.807, 2.05) is 0 Å². The Hall–Kier alpha value is -3.65. The van der Waals surface area contributed by atoms with Crippen molar-refractivity contribution in [2.24, 2.45) is 54.4 Å². The topological polar surface area (TPSA) is 253 Å². The molecule has 0 aromatic carbocycles. The largest absolute Gasteiger partial charge is 0.370 e. The van der Waals surface area contributed by atoms with Crippen molar-refractivity contribution in [2.75, 3.05) is 65.4 Å². The predicted octanol–water partition coefficient (Wildman–Crippen LogP) is 7.03. The first-order chi connectivity index (χ1) is 29.2. The summed E-state index contributed by atoms with van der Waals surface area (Å²) in [6.07, 6.45) is 31.3. The minimum absolute atomic E-state index is 0.167. The van der Waals surface area contributed by atoms with Crippen molar-refractivity contribution in [1.82, 2.24) is 20.4 Å². The summed E-state index contributed by atoms with van der Waals surface area (Å²) < 4.78 is 0. The van der Waals surface area contributed by atoms with E-state index in [9.17, 15) is 4.79 Å². The average molecular weight is 849 g/mol. The highest BCUT2D eigenvalue weighted by atomic mass is 16.2. The van der Waals surface area contributed by atoms with Gasteiger partial charge in [0.05, 0.1) is 0 Å². The molecule has 0 unspecified atom stereocenters. The van der Waals surface area contributed by atoms with E-state index in [0.29, 0.717) is 25.0 Å². The molecule has 0 aliphatic rings. The van der Waals surface area contributed by atoms with Crippen LogP contribution in [0.4, 0.5) is 4.79 Å². The molecule has 0 radical (unpaired) electrons. The van der Waals surface area contributed by atoms with E-state index >= 15 is 0 Å². The van der Waals surface area contributed by atoms with E-state index in [-0.39, 0.29) is 18.0 Å². The molecular weight excluding hydrogens is 753 g/mol. The number of rotatable bonds is 42. The zero-order valence-corrected chi connectivity index (χ0v) is 38.9. The van der Waals surface area contributed by atoms with Crippen LogP contribution in [0.2, 0.25) is 0 Å².